The van der Waals surface area contributed by atoms with Crippen molar-refractivity contribution in [3.8, 4) is 0 Å². The first-order chi connectivity index (χ1) is 15.9. The fourth-order valence-corrected chi connectivity index (χ4v) is 4.50. The fourth-order valence-electron chi connectivity index (χ4n) is 4.50. The molecule has 2 aromatic rings. The molecule has 1 N–H and O–H groups in total. The molecule has 7 heteroatoms. The Bertz CT molecular complexity index is 1020. The SMILES string of the molecule is CC(C)CC(CNC(=O)c1ccc2c(c1)C(=O)N(Cc1ccccc1)C2=O)N1CCOCC1. The summed E-state index contributed by atoms with van der Waals surface area (Å²) < 4.78 is 5.46. The molecule has 2 heterocycles. The van der Waals surface area contributed by atoms with Crippen molar-refractivity contribution in [1.82, 2.24) is 15.1 Å². The Labute approximate surface area is 194 Å². The van der Waals surface area contributed by atoms with Crippen LogP contribution in [0.3, 0.4) is 0 Å². The van der Waals surface area contributed by atoms with Gasteiger partial charge in [0.25, 0.3) is 17.7 Å². The van der Waals surface area contributed by atoms with E-state index in [1.54, 1.807) is 18.2 Å². The summed E-state index contributed by atoms with van der Waals surface area (Å²) in [5.74, 6) is -0.412. The van der Waals surface area contributed by atoms with Crippen LogP contribution in [0.2, 0.25) is 0 Å². The minimum absolute atomic E-state index is 0.213. The molecule has 7 nitrogen and oxygen atoms in total. The number of ether oxygens (including phenoxy) is 1. The molecule has 174 valence electrons. The summed E-state index contributed by atoms with van der Waals surface area (Å²) in [6, 6.07) is 14.4. The van der Waals surface area contributed by atoms with Gasteiger partial charge in [-0.05, 0) is 36.1 Å². The third-order valence-corrected chi connectivity index (χ3v) is 6.22. The van der Waals surface area contributed by atoms with Crippen LogP contribution in [-0.2, 0) is 11.3 Å². The first kappa shape index (κ1) is 23.1. The summed E-state index contributed by atoms with van der Waals surface area (Å²) in [7, 11) is 0. The van der Waals surface area contributed by atoms with Crippen molar-refractivity contribution < 1.29 is 19.1 Å². The van der Waals surface area contributed by atoms with Gasteiger partial charge in [0.2, 0.25) is 0 Å². The van der Waals surface area contributed by atoms with Gasteiger partial charge >= 0.3 is 0 Å². The molecule has 1 saturated heterocycles. The molecule has 1 atom stereocenters. The van der Waals surface area contributed by atoms with Crippen LogP contribution in [0.4, 0.5) is 0 Å². The Kier molecular flexibility index (Phi) is 7.20. The molecule has 1 fully saturated rings. The second-order valence-electron chi connectivity index (χ2n) is 9.08. The Morgan fingerprint density at radius 1 is 1.00 bits per heavy atom. The summed E-state index contributed by atoms with van der Waals surface area (Å²) in [4.78, 5) is 42.2. The van der Waals surface area contributed by atoms with Crippen LogP contribution in [0.15, 0.2) is 48.5 Å². The van der Waals surface area contributed by atoms with Gasteiger partial charge in [-0.2, -0.15) is 0 Å². The third kappa shape index (κ3) is 5.31. The van der Waals surface area contributed by atoms with E-state index in [2.05, 4.69) is 24.1 Å². The predicted molar refractivity (Wildman–Crippen MR) is 125 cm³/mol. The van der Waals surface area contributed by atoms with E-state index in [9.17, 15) is 14.4 Å². The van der Waals surface area contributed by atoms with E-state index in [0.29, 0.717) is 36.8 Å². The van der Waals surface area contributed by atoms with Crippen LogP contribution in [0.5, 0.6) is 0 Å². The molecule has 0 saturated carbocycles. The van der Waals surface area contributed by atoms with Crippen LogP contribution in [-0.4, -0.2) is 66.4 Å². The van der Waals surface area contributed by atoms with Crippen LogP contribution >= 0.6 is 0 Å². The molecule has 2 aliphatic rings. The van der Waals surface area contributed by atoms with Gasteiger partial charge in [0.1, 0.15) is 0 Å². The molecule has 4 rings (SSSR count). The molecule has 33 heavy (non-hydrogen) atoms. The lowest BCUT2D eigenvalue weighted by Gasteiger charge is -2.35. The Balaban J connectivity index is 1.44. The van der Waals surface area contributed by atoms with Crippen LogP contribution in [0.1, 0.15) is 56.9 Å². The first-order valence-electron chi connectivity index (χ1n) is 11.6. The highest BCUT2D eigenvalue weighted by Crippen LogP contribution is 2.26. The van der Waals surface area contributed by atoms with Crippen molar-refractivity contribution in [2.45, 2.75) is 32.9 Å². The highest BCUT2D eigenvalue weighted by Gasteiger charge is 2.36. The smallest absolute Gasteiger partial charge is 0.261 e. The maximum absolute atomic E-state index is 12.9. The number of carbonyl (C=O) groups excluding carboxylic acids is 3. The van der Waals surface area contributed by atoms with Crippen LogP contribution in [0, 0.1) is 5.92 Å². The van der Waals surface area contributed by atoms with Gasteiger partial charge in [-0.15, -0.1) is 0 Å². The predicted octanol–water partition coefficient (Wildman–Crippen LogP) is 2.96. The number of nitrogens with one attached hydrogen (secondary N) is 1. The number of rotatable bonds is 8. The zero-order valence-corrected chi connectivity index (χ0v) is 19.3. The van der Waals surface area contributed by atoms with E-state index in [1.165, 1.54) is 4.90 Å². The van der Waals surface area contributed by atoms with E-state index in [4.69, 9.17) is 4.74 Å². The van der Waals surface area contributed by atoms with Crippen molar-refractivity contribution in [1.29, 1.82) is 0 Å². The molecule has 0 spiro atoms. The lowest BCUT2D eigenvalue weighted by molar-refractivity contribution is 0.0124. The van der Waals surface area contributed by atoms with Gasteiger partial charge < -0.3 is 10.1 Å². The van der Waals surface area contributed by atoms with Gasteiger partial charge in [0, 0.05) is 31.2 Å². The van der Waals surface area contributed by atoms with E-state index < -0.39 is 0 Å². The monoisotopic (exact) mass is 449 g/mol. The van der Waals surface area contributed by atoms with E-state index in [0.717, 1.165) is 25.1 Å². The van der Waals surface area contributed by atoms with Crippen molar-refractivity contribution in [3.63, 3.8) is 0 Å². The number of hydrogen-bond acceptors (Lipinski definition) is 5. The molecular weight excluding hydrogens is 418 g/mol. The van der Waals surface area contributed by atoms with Crippen molar-refractivity contribution >= 4 is 17.7 Å². The zero-order chi connectivity index (χ0) is 23.4. The lowest BCUT2D eigenvalue weighted by atomic mass is 10.0. The summed E-state index contributed by atoms with van der Waals surface area (Å²) in [5.41, 5.74) is 1.90. The number of fused-ring (bicyclic) bond motifs is 1. The van der Waals surface area contributed by atoms with E-state index >= 15 is 0 Å². The summed E-state index contributed by atoms with van der Waals surface area (Å²) in [6.45, 7) is 8.25. The maximum Gasteiger partial charge on any atom is 0.261 e. The Hall–Kier alpha value is -3.03. The average molecular weight is 450 g/mol. The lowest BCUT2D eigenvalue weighted by Crippen LogP contribution is -2.49. The van der Waals surface area contributed by atoms with Gasteiger partial charge in [-0.1, -0.05) is 44.2 Å². The normalized spacial score (nSPS) is 17.4. The van der Waals surface area contributed by atoms with Crippen molar-refractivity contribution in [3.05, 3.63) is 70.8 Å². The second-order valence-corrected chi connectivity index (χ2v) is 9.08. The molecule has 0 aliphatic carbocycles. The average Bonchev–Trinajstić information content (AvgIpc) is 3.07. The van der Waals surface area contributed by atoms with Crippen LogP contribution in [0.25, 0.3) is 0 Å². The number of hydrogen-bond donors (Lipinski definition) is 1. The topological polar surface area (TPSA) is 79.0 Å². The Morgan fingerprint density at radius 2 is 1.70 bits per heavy atom. The fraction of sp³-hybridized carbons (Fsp3) is 0.423. The number of amides is 3. The number of imide groups is 1. The molecule has 0 radical (unpaired) electrons. The minimum Gasteiger partial charge on any atom is -0.379 e. The molecule has 1 unspecified atom stereocenters. The van der Waals surface area contributed by atoms with Gasteiger partial charge in [0.15, 0.2) is 0 Å². The highest BCUT2D eigenvalue weighted by atomic mass is 16.5. The molecule has 3 amide bonds. The summed E-state index contributed by atoms with van der Waals surface area (Å²) >= 11 is 0. The van der Waals surface area contributed by atoms with Crippen molar-refractivity contribution in [2.75, 3.05) is 32.8 Å². The Morgan fingerprint density at radius 3 is 2.39 bits per heavy atom. The third-order valence-electron chi connectivity index (χ3n) is 6.22. The maximum atomic E-state index is 12.9. The van der Waals surface area contributed by atoms with E-state index in [-0.39, 0.29) is 35.9 Å². The molecule has 0 bridgehead atoms. The first-order valence-corrected chi connectivity index (χ1v) is 11.6. The quantitative estimate of drug-likeness (QED) is 0.627. The largest absolute Gasteiger partial charge is 0.379 e. The second kappa shape index (κ2) is 10.3. The summed E-state index contributed by atoms with van der Waals surface area (Å²) in [5, 5.41) is 3.04. The highest BCUT2D eigenvalue weighted by molar-refractivity contribution is 6.22. The standard InChI is InChI=1S/C26H31N3O4/c1-18(2)14-21(28-10-12-33-13-11-28)16-27-24(30)20-8-9-22-23(15-20)26(32)29(25(22)31)17-19-6-4-3-5-7-19/h3-9,15,18,21H,10-14,16-17H2,1-2H3,(H,27,30). The van der Waals surface area contributed by atoms with Crippen molar-refractivity contribution in [2.24, 2.45) is 5.92 Å². The number of benzene rings is 2. The van der Waals surface area contributed by atoms with E-state index in [1.807, 2.05) is 30.3 Å². The zero-order valence-electron chi connectivity index (χ0n) is 19.3. The van der Waals surface area contributed by atoms with Gasteiger partial charge in [-0.25, -0.2) is 0 Å². The van der Waals surface area contributed by atoms with Gasteiger partial charge in [-0.3, -0.25) is 24.2 Å². The molecular formula is C26H31N3O4. The van der Waals surface area contributed by atoms with Crippen LogP contribution < -0.4 is 5.32 Å². The summed E-state index contributed by atoms with van der Waals surface area (Å²) in [6.07, 6.45) is 0.978. The minimum atomic E-state index is -0.362. The number of carbonyl (C=O) groups is 3. The molecule has 2 aromatic carbocycles. The number of morpholine rings is 1. The number of nitrogens with zero attached hydrogens (tertiary/aromatic N) is 2. The molecule has 2 aliphatic heterocycles. The van der Waals surface area contributed by atoms with Gasteiger partial charge in [0.05, 0.1) is 30.9 Å². The molecule has 0 aromatic heterocycles.